The van der Waals surface area contributed by atoms with E-state index in [1.165, 1.54) is 0 Å². The van der Waals surface area contributed by atoms with Gasteiger partial charge in [0.15, 0.2) is 0 Å². The van der Waals surface area contributed by atoms with Crippen molar-refractivity contribution in [2.24, 2.45) is 5.41 Å². The van der Waals surface area contributed by atoms with Crippen molar-refractivity contribution in [2.75, 3.05) is 25.5 Å². The number of nitrogens with one attached hydrogen (secondary N) is 3. The quantitative estimate of drug-likeness (QED) is 0.793. The Labute approximate surface area is 125 Å². The van der Waals surface area contributed by atoms with Crippen LogP contribution in [0.4, 0.5) is 5.69 Å². The zero-order valence-electron chi connectivity index (χ0n) is 12.9. The molecule has 0 radical (unpaired) electrons. The summed E-state index contributed by atoms with van der Waals surface area (Å²) in [7, 11) is 1.60. The number of carbonyl (C=O) groups is 2. The van der Waals surface area contributed by atoms with E-state index in [-0.39, 0.29) is 17.2 Å². The second-order valence-corrected chi connectivity index (χ2v) is 5.90. The summed E-state index contributed by atoms with van der Waals surface area (Å²) in [6.45, 7) is 5.56. The number of aryl methyl sites for hydroxylation is 1. The van der Waals surface area contributed by atoms with E-state index in [4.69, 9.17) is 0 Å². The third-order valence-electron chi connectivity index (χ3n) is 4.11. The number of rotatable bonds is 3. The van der Waals surface area contributed by atoms with Gasteiger partial charge in [0.2, 0.25) is 5.91 Å². The third-order valence-corrected chi connectivity index (χ3v) is 4.11. The Hall–Kier alpha value is -1.88. The molecule has 1 unspecified atom stereocenters. The van der Waals surface area contributed by atoms with Crippen molar-refractivity contribution < 1.29 is 9.59 Å². The first-order valence-corrected chi connectivity index (χ1v) is 7.31. The van der Waals surface area contributed by atoms with Gasteiger partial charge in [0.05, 0.1) is 5.41 Å². The van der Waals surface area contributed by atoms with Gasteiger partial charge >= 0.3 is 0 Å². The summed E-state index contributed by atoms with van der Waals surface area (Å²) in [5, 5.41) is 8.86. The lowest BCUT2D eigenvalue weighted by Gasteiger charge is -2.32. The van der Waals surface area contributed by atoms with Gasteiger partial charge in [0.1, 0.15) is 0 Å². The zero-order valence-corrected chi connectivity index (χ0v) is 12.9. The fourth-order valence-corrected chi connectivity index (χ4v) is 2.61. The molecule has 114 valence electrons. The third kappa shape index (κ3) is 3.42. The highest BCUT2D eigenvalue weighted by molar-refractivity contribution is 5.98. The number of anilines is 1. The highest BCUT2D eigenvalue weighted by Crippen LogP contribution is 2.28. The van der Waals surface area contributed by atoms with Crippen LogP contribution in [-0.4, -0.2) is 32.0 Å². The van der Waals surface area contributed by atoms with Crippen LogP contribution in [0.15, 0.2) is 18.2 Å². The maximum Gasteiger partial charge on any atom is 0.251 e. The number of hydrogen-bond acceptors (Lipinski definition) is 3. The Morgan fingerprint density at radius 2 is 2.10 bits per heavy atom. The molecule has 21 heavy (non-hydrogen) atoms. The molecule has 1 aromatic carbocycles. The second-order valence-electron chi connectivity index (χ2n) is 5.90. The van der Waals surface area contributed by atoms with E-state index in [0.29, 0.717) is 12.1 Å². The molecule has 0 saturated carbocycles. The fourth-order valence-electron chi connectivity index (χ4n) is 2.61. The van der Waals surface area contributed by atoms with Crippen molar-refractivity contribution in [3.63, 3.8) is 0 Å². The molecule has 1 saturated heterocycles. The summed E-state index contributed by atoms with van der Waals surface area (Å²) in [5.41, 5.74) is 1.87. The monoisotopic (exact) mass is 289 g/mol. The van der Waals surface area contributed by atoms with E-state index in [9.17, 15) is 9.59 Å². The molecule has 2 rings (SSSR count). The number of carbonyl (C=O) groups excluding carboxylic acids is 2. The van der Waals surface area contributed by atoms with Crippen molar-refractivity contribution in [1.29, 1.82) is 0 Å². The Kier molecular flexibility index (Phi) is 4.63. The van der Waals surface area contributed by atoms with E-state index in [1.807, 2.05) is 13.8 Å². The first kappa shape index (κ1) is 15.5. The van der Waals surface area contributed by atoms with Gasteiger partial charge in [-0.05, 0) is 57.0 Å². The van der Waals surface area contributed by atoms with E-state index < -0.39 is 0 Å². The van der Waals surface area contributed by atoms with Gasteiger partial charge in [-0.2, -0.15) is 0 Å². The summed E-state index contributed by atoms with van der Waals surface area (Å²) in [4.78, 5) is 24.1. The number of hydrogen-bond donors (Lipinski definition) is 3. The minimum Gasteiger partial charge on any atom is -0.355 e. The molecular formula is C16H23N3O2. The molecule has 1 fully saturated rings. The average molecular weight is 289 g/mol. The van der Waals surface area contributed by atoms with Crippen LogP contribution >= 0.6 is 0 Å². The molecule has 0 bridgehead atoms. The van der Waals surface area contributed by atoms with Gasteiger partial charge in [0.25, 0.3) is 5.91 Å². The largest absolute Gasteiger partial charge is 0.355 e. The van der Waals surface area contributed by atoms with Crippen molar-refractivity contribution in [1.82, 2.24) is 10.6 Å². The highest BCUT2D eigenvalue weighted by Gasteiger charge is 2.34. The van der Waals surface area contributed by atoms with Crippen LogP contribution in [0.25, 0.3) is 0 Å². The van der Waals surface area contributed by atoms with Gasteiger partial charge in [-0.3, -0.25) is 9.59 Å². The molecule has 3 N–H and O–H groups in total. The van der Waals surface area contributed by atoms with Crippen LogP contribution < -0.4 is 16.0 Å². The van der Waals surface area contributed by atoms with Crippen molar-refractivity contribution >= 4 is 17.5 Å². The molecule has 0 spiro atoms. The number of amides is 2. The van der Waals surface area contributed by atoms with E-state index in [2.05, 4.69) is 16.0 Å². The maximum absolute atomic E-state index is 12.5. The lowest BCUT2D eigenvalue weighted by Crippen LogP contribution is -2.46. The molecule has 1 aliphatic heterocycles. The lowest BCUT2D eigenvalue weighted by molar-refractivity contribution is -0.125. The maximum atomic E-state index is 12.5. The van der Waals surface area contributed by atoms with Crippen LogP contribution in [-0.2, 0) is 4.79 Å². The Morgan fingerprint density at radius 3 is 2.67 bits per heavy atom. The summed E-state index contributed by atoms with van der Waals surface area (Å²) in [6.07, 6.45) is 1.90. The molecule has 5 heteroatoms. The summed E-state index contributed by atoms with van der Waals surface area (Å²) in [6, 6.07) is 5.30. The Balaban J connectivity index is 2.12. The van der Waals surface area contributed by atoms with Gasteiger partial charge in [-0.25, -0.2) is 0 Å². The van der Waals surface area contributed by atoms with Crippen molar-refractivity contribution in [3.05, 3.63) is 29.3 Å². The second kappa shape index (κ2) is 6.26. The zero-order chi connectivity index (χ0) is 15.5. The Morgan fingerprint density at radius 1 is 1.33 bits per heavy atom. The summed E-state index contributed by atoms with van der Waals surface area (Å²) < 4.78 is 0. The first-order valence-electron chi connectivity index (χ1n) is 7.31. The van der Waals surface area contributed by atoms with Gasteiger partial charge in [0, 0.05) is 24.8 Å². The molecule has 1 aliphatic rings. The predicted molar refractivity (Wildman–Crippen MR) is 83.4 cm³/mol. The SMILES string of the molecule is CNC(=O)c1ccc(NC(=O)C2(C)CCCNC2)c(C)c1. The Bertz CT molecular complexity index is 548. The van der Waals surface area contributed by atoms with E-state index >= 15 is 0 Å². The highest BCUT2D eigenvalue weighted by atomic mass is 16.2. The fraction of sp³-hybridized carbons (Fsp3) is 0.500. The molecule has 5 nitrogen and oxygen atoms in total. The summed E-state index contributed by atoms with van der Waals surface area (Å²) >= 11 is 0. The van der Waals surface area contributed by atoms with Crippen LogP contribution in [0, 0.1) is 12.3 Å². The van der Waals surface area contributed by atoms with Gasteiger partial charge < -0.3 is 16.0 Å². The van der Waals surface area contributed by atoms with Crippen LogP contribution in [0.2, 0.25) is 0 Å². The van der Waals surface area contributed by atoms with Crippen LogP contribution in [0.5, 0.6) is 0 Å². The molecule has 1 aromatic rings. The molecule has 1 heterocycles. The van der Waals surface area contributed by atoms with Gasteiger partial charge in [-0.1, -0.05) is 0 Å². The van der Waals surface area contributed by atoms with Crippen molar-refractivity contribution in [2.45, 2.75) is 26.7 Å². The normalized spacial score (nSPS) is 21.7. The molecule has 0 aromatic heterocycles. The van der Waals surface area contributed by atoms with E-state index in [0.717, 1.165) is 30.6 Å². The topological polar surface area (TPSA) is 70.2 Å². The molecular weight excluding hydrogens is 266 g/mol. The average Bonchev–Trinajstić information content (AvgIpc) is 2.49. The van der Waals surface area contributed by atoms with Crippen molar-refractivity contribution in [3.8, 4) is 0 Å². The van der Waals surface area contributed by atoms with Crippen LogP contribution in [0.1, 0.15) is 35.7 Å². The molecule has 1 atom stereocenters. The predicted octanol–water partition coefficient (Wildman–Crippen LogP) is 1.68. The minimum absolute atomic E-state index is 0.0329. The minimum atomic E-state index is -0.371. The van der Waals surface area contributed by atoms with Crippen LogP contribution in [0.3, 0.4) is 0 Å². The van der Waals surface area contributed by atoms with E-state index in [1.54, 1.807) is 25.2 Å². The first-order chi connectivity index (χ1) is 9.96. The number of piperidine rings is 1. The molecule has 2 amide bonds. The smallest absolute Gasteiger partial charge is 0.251 e. The summed E-state index contributed by atoms with van der Waals surface area (Å²) in [5.74, 6) is -0.0927. The molecule has 0 aliphatic carbocycles. The standard InChI is InChI=1S/C16H23N3O2/c1-11-9-12(14(20)17-3)5-6-13(11)19-15(21)16(2)7-4-8-18-10-16/h5-6,9,18H,4,7-8,10H2,1-3H3,(H,17,20)(H,19,21). The van der Waals surface area contributed by atoms with Gasteiger partial charge in [-0.15, -0.1) is 0 Å². The lowest BCUT2D eigenvalue weighted by atomic mass is 9.82. The number of benzene rings is 1.